The SMILES string of the molecule is O=Cc1cc2ccc(CO)c(Cl)c2s1. The smallest absolute Gasteiger partial charge is 0.160 e. The van der Waals surface area contributed by atoms with E-state index in [4.69, 9.17) is 16.7 Å². The van der Waals surface area contributed by atoms with Gasteiger partial charge in [0.15, 0.2) is 6.29 Å². The Labute approximate surface area is 89.7 Å². The molecule has 14 heavy (non-hydrogen) atoms. The van der Waals surface area contributed by atoms with Crippen LogP contribution >= 0.6 is 22.9 Å². The largest absolute Gasteiger partial charge is 0.392 e. The van der Waals surface area contributed by atoms with Gasteiger partial charge in [-0.05, 0) is 17.0 Å². The molecule has 0 spiro atoms. The zero-order valence-corrected chi connectivity index (χ0v) is 8.73. The van der Waals surface area contributed by atoms with E-state index in [9.17, 15) is 4.79 Å². The predicted octanol–water partition coefficient (Wildman–Crippen LogP) is 2.86. The number of carbonyl (C=O) groups is 1. The number of halogens is 1. The van der Waals surface area contributed by atoms with Crippen LogP contribution in [0.4, 0.5) is 0 Å². The maximum absolute atomic E-state index is 10.6. The Morgan fingerprint density at radius 1 is 1.50 bits per heavy atom. The molecule has 0 saturated carbocycles. The number of aliphatic hydroxyl groups excluding tert-OH is 1. The topological polar surface area (TPSA) is 37.3 Å². The van der Waals surface area contributed by atoms with E-state index in [1.807, 2.05) is 6.07 Å². The van der Waals surface area contributed by atoms with Crippen molar-refractivity contribution in [1.82, 2.24) is 0 Å². The van der Waals surface area contributed by atoms with Gasteiger partial charge >= 0.3 is 0 Å². The summed E-state index contributed by atoms with van der Waals surface area (Å²) in [5, 5.41) is 10.5. The summed E-state index contributed by atoms with van der Waals surface area (Å²) in [4.78, 5) is 11.2. The van der Waals surface area contributed by atoms with E-state index < -0.39 is 0 Å². The average molecular weight is 227 g/mol. The summed E-state index contributed by atoms with van der Waals surface area (Å²) in [6.45, 7) is -0.0803. The molecule has 1 heterocycles. The Hall–Kier alpha value is -0.900. The molecule has 0 radical (unpaired) electrons. The third-order valence-electron chi connectivity index (χ3n) is 2.01. The Morgan fingerprint density at radius 3 is 2.93 bits per heavy atom. The molecule has 1 aromatic carbocycles. The van der Waals surface area contributed by atoms with E-state index in [1.165, 1.54) is 11.3 Å². The van der Waals surface area contributed by atoms with E-state index in [0.29, 0.717) is 15.5 Å². The zero-order chi connectivity index (χ0) is 10.1. The molecule has 4 heteroatoms. The lowest BCUT2D eigenvalue weighted by Crippen LogP contribution is -1.83. The van der Waals surface area contributed by atoms with Crippen LogP contribution in [-0.4, -0.2) is 11.4 Å². The summed E-state index contributed by atoms with van der Waals surface area (Å²) in [7, 11) is 0. The van der Waals surface area contributed by atoms with Crippen molar-refractivity contribution in [3.05, 3.63) is 33.7 Å². The molecule has 72 valence electrons. The van der Waals surface area contributed by atoms with Crippen LogP contribution in [0.25, 0.3) is 10.1 Å². The van der Waals surface area contributed by atoms with Crippen LogP contribution in [0.5, 0.6) is 0 Å². The normalized spacial score (nSPS) is 10.7. The van der Waals surface area contributed by atoms with Crippen LogP contribution in [0.3, 0.4) is 0 Å². The molecule has 2 rings (SSSR count). The van der Waals surface area contributed by atoms with Crippen molar-refractivity contribution in [2.24, 2.45) is 0 Å². The molecular weight excluding hydrogens is 220 g/mol. The number of benzene rings is 1. The Balaban J connectivity index is 2.74. The molecule has 0 bridgehead atoms. The monoisotopic (exact) mass is 226 g/mol. The lowest BCUT2D eigenvalue weighted by Gasteiger charge is -1.99. The summed E-state index contributed by atoms with van der Waals surface area (Å²) in [6.07, 6.45) is 0.805. The van der Waals surface area contributed by atoms with Gasteiger partial charge in [-0.3, -0.25) is 4.79 Å². The number of thiophene rings is 1. The third-order valence-corrected chi connectivity index (χ3v) is 3.65. The number of aliphatic hydroxyl groups is 1. The highest BCUT2D eigenvalue weighted by atomic mass is 35.5. The predicted molar refractivity (Wildman–Crippen MR) is 58.1 cm³/mol. The minimum Gasteiger partial charge on any atom is -0.392 e. The number of aldehydes is 1. The van der Waals surface area contributed by atoms with Gasteiger partial charge in [0.2, 0.25) is 0 Å². The van der Waals surface area contributed by atoms with Crippen molar-refractivity contribution >= 4 is 39.3 Å². The number of rotatable bonds is 2. The molecule has 2 aromatic rings. The van der Waals surface area contributed by atoms with Crippen molar-refractivity contribution in [2.45, 2.75) is 6.61 Å². The van der Waals surface area contributed by atoms with Crippen LogP contribution in [-0.2, 0) is 6.61 Å². The second-order valence-electron chi connectivity index (χ2n) is 2.88. The van der Waals surface area contributed by atoms with Crippen molar-refractivity contribution in [2.75, 3.05) is 0 Å². The highest BCUT2D eigenvalue weighted by Gasteiger charge is 2.08. The first-order valence-corrected chi connectivity index (χ1v) is 5.22. The number of carbonyl (C=O) groups excluding carboxylic acids is 1. The Kier molecular flexibility index (Phi) is 2.54. The van der Waals surface area contributed by atoms with E-state index in [1.54, 1.807) is 12.1 Å². The van der Waals surface area contributed by atoms with Gasteiger partial charge in [-0.25, -0.2) is 0 Å². The highest BCUT2D eigenvalue weighted by molar-refractivity contribution is 7.21. The fourth-order valence-corrected chi connectivity index (χ4v) is 2.59. The maximum atomic E-state index is 10.6. The maximum Gasteiger partial charge on any atom is 0.160 e. The van der Waals surface area contributed by atoms with Gasteiger partial charge in [-0.2, -0.15) is 0 Å². The van der Waals surface area contributed by atoms with Gasteiger partial charge in [0, 0.05) is 0 Å². The van der Waals surface area contributed by atoms with E-state index in [2.05, 4.69) is 0 Å². The molecule has 0 fully saturated rings. The minimum atomic E-state index is -0.0803. The molecule has 0 amide bonds. The fraction of sp³-hybridized carbons (Fsp3) is 0.100. The first-order chi connectivity index (χ1) is 6.76. The second kappa shape index (κ2) is 3.69. The van der Waals surface area contributed by atoms with Gasteiger partial charge in [0.05, 0.1) is 21.2 Å². The van der Waals surface area contributed by atoms with Crippen molar-refractivity contribution in [3.63, 3.8) is 0 Å². The number of hydrogen-bond acceptors (Lipinski definition) is 3. The highest BCUT2D eigenvalue weighted by Crippen LogP contribution is 2.33. The Bertz CT molecular complexity index is 490. The summed E-state index contributed by atoms with van der Waals surface area (Å²) in [5.41, 5.74) is 0.693. The van der Waals surface area contributed by atoms with Crippen molar-refractivity contribution < 1.29 is 9.90 Å². The molecule has 1 N–H and O–H groups in total. The van der Waals surface area contributed by atoms with Gasteiger partial charge in [0.25, 0.3) is 0 Å². The molecular formula is C10H7ClO2S. The van der Waals surface area contributed by atoms with Gasteiger partial charge in [0.1, 0.15) is 0 Å². The first-order valence-electron chi connectivity index (χ1n) is 4.03. The lowest BCUT2D eigenvalue weighted by molar-refractivity contribution is 0.112. The molecule has 2 nitrogen and oxygen atoms in total. The van der Waals surface area contributed by atoms with Crippen molar-refractivity contribution in [3.8, 4) is 0 Å². The van der Waals surface area contributed by atoms with Crippen LogP contribution < -0.4 is 0 Å². The second-order valence-corrected chi connectivity index (χ2v) is 4.34. The number of fused-ring (bicyclic) bond motifs is 1. The molecule has 1 aromatic heterocycles. The summed E-state index contributed by atoms with van der Waals surface area (Å²) >= 11 is 7.39. The molecule has 0 aliphatic rings. The quantitative estimate of drug-likeness (QED) is 0.800. The van der Waals surface area contributed by atoms with Gasteiger partial charge < -0.3 is 5.11 Å². The van der Waals surface area contributed by atoms with E-state index in [-0.39, 0.29) is 6.61 Å². The van der Waals surface area contributed by atoms with Crippen LogP contribution in [0.15, 0.2) is 18.2 Å². The fourth-order valence-electron chi connectivity index (χ4n) is 1.31. The standard InChI is InChI=1S/C10H7ClO2S/c11-9-7(4-12)2-1-6-3-8(5-13)14-10(6)9/h1-3,5,12H,4H2. The van der Waals surface area contributed by atoms with Crippen LogP contribution in [0.1, 0.15) is 15.2 Å². The minimum absolute atomic E-state index is 0.0803. The van der Waals surface area contributed by atoms with Crippen molar-refractivity contribution in [1.29, 1.82) is 0 Å². The zero-order valence-electron chi connectivity index (χ0n) is 7.16. The van der Waals surface area contributed by atoms with Crippen LogP contribution in [0.2, 0.25) is 5.02 Å². The Morgan fingerprint density at radius 2 is 2.29 bits per heavy atom. The van der Waals surface area contributed by atoms with Gasteiger partial charge in [-0.1, -0.05) is 23.7 Å². The summed E-state index contributed by atoms with van der Waals surface area (Å²) < 4.78 is 0.861. The van der Waals surface area contributed by atoms with E-state index in [0.717, 1.165) is 16.4 Å². The molecule has 0 unspecified atom stereocenters. The van der Waals surface area contributed by atoms with Crippen LogP contribution in [0, 0.1) is 0 Å². The first kappa shape index (κ1) is 9.65. The summed E-state index contributed by atoms with van der Waals surface area (Å²) in [5.74, 6) is 0. The molecule has 0 saturated heterocycles. The summed E-state index contributed by atoms with van der Waals surface area (Å²) in [6, 6.07) is 5.42. The molecule has 0 aliphatic carbocycles. The van der Waals surface area contributed by atoms with Gasteiger partial charge in [-0.15, -0.1) is 11.3 Å². The lowest BCUT2D eigenvalue weighted by atomic mass is 10.2. The third kappa shape index (κ3) is 1.43. The van der Waals surface area contributed by atoms with E-state index >= 15 is 0 Å². The number of hydrogen-bond donors (Lipinski definition) is 1. The molecule has 0 atom stereocenters. The average Bonchev–Trinajstić information content (AvgIpc) is 2.62. The molecule has 0 aliphatic heterocycles.